The molecule has 0 saturated heterocycles. The fourth-order valence-corrected chi connectivity index (χ4v) is 6.49. The monoisotopic (exact) mass is 342 g/mol. The molecule has 0 N–H and O–H groups in total. The van der Waals surface area contributed by atoms with Gasteiger partial charge in [-0.2, -0.15) is 0 Å². The maximum Gasteiger partial charge on any atom is 0.307 e. The van der Waals surface area contributed by atoms with Gasteiger partial charge in [-0.3, -0.25) is 4.79 Å². The van der Waals surface area contributed by atoms with Gasteiger partial charge in [0, 0.05) is 31.4 Å². The lowest BCUT2D eigenvalue weighted by Gasteiger charge is -2.54. The fourth-order valence-electron chi connectivity index (χ4n) is 6.49. The van der Waals surface area contributed by atoms with Gasteiger partial charge in [0.05, 0.1) is 6.10 Å². The normalized spacial score (nSPS) is 45.0. The van der Waals surface area contributed by atoms with E-state index in [-0.39, 0.29) is 11.4 Å². The summed E-state index contributed by atoms with van der Waals surface area (Å²) < 4.78 is 11.4. The highest BCUT2D eigenvalue weighted by molar-refractivity contribution is 5.68. The lowest BCUT2D eigenvalue weighted by Crippen LogP contribution is -2.49. The van der Waals surface area contributed by atoms with Crippen LogP contribution < -0.4 is 0 Å². The molecular formula is C22H30O3. The third-order valence-electron chi connectivity index (χ3n) is 7.70. The lowest BCUT2D eigenvalue weighted by atomic mass is 9.50. The topological polar surface area (TPSA) is 35.5 Å². The first kappa shape index (κ1) is 17.1. The Morgan fingerprint density at radius 3 is 2.72 bits per heavy atom. The molecule has 0 spiro atoms. The van der Waals surface area contributed by atoms with Crippen LogP contribution in [-0.4, -0.2) is 19.2 Å². The molecule has 0 aliphatic heterocycles. The van der Waals surface area contributed by atoms with Gasteiger partial charge in [-0.05, 0) is 48.9 Å². The van der Waals surface area contributed by atoms with Crippen LogP contribution in [0.2, 0.25) is 0 Å². The lowest BCUT2D eigenvalue weighted by molar-refractivity contribution is -0.137. The number of methoxy groups -OCH3 is 1. The minimum atomic E-state index is -0.217. The van der Waals surface area contributed by atoms with Crippen molar-refractivity contribution in [1.82, 2.24) is 0 Å². The van der Waals surface area contributed by atoms with E-state index in [1.54, 1.807) is 0 Å². The number of hydrogen-bond acceptors (Lipinski definition) is 3. The molecule has 0 radical (unpaired) electrons. The van der Waals surface area contributed by atoms with Crippen molar-refractivity contribution in [1.29, 1.82) is 0 Å². The Kier molecular flexibility index (Phi) is 3.99. The summed E-state index contributed by atoms with van der Waals surface area (Å²) in [5.41, 5.74) is 1.50. The number of carbonyl (C=O) groups excluding carboxylic acids is 1. The van der Waals surface area contributed by atoms with E-state index >= 15 is 0 Å². The summed E-state index contributed by atoms with van der Waals surface area (Å²) in [6.45, 7) is 6.28. The quantitative estimate of drug-likeness (QED) is 0.534. The maximum atomic E-state index is 11.5. The molecule has 0 bridgehead atoms. The average molecular weight is 342 g/mol. The van der Waals surface area contributed by atoms with Crippen LogP contribution in [0.25, 0.3) is 0 Å². The van der Waals surface area contributed by atoms with Gasteiger partial charge in [-0.25, -0.2) is 0 Å². The molecule has 0 unspecified atom stereocenters. The summed E-state index contributed by atoms with van der Waals surface area (Å²) in [5.74, 6) is 2.50. The molecule has 3 nitrogen and oxygen atoms in total. The SMILES string of the molecule is CO[C@@H]1CC[C@H]2[C@@H]3C=CC4=C(OC(C)=O)CC=C[C@]4(C)[C@H]3CC[C@]12C. The molecule has 2 fully saturated rings. The van der Waals surface area contributed by atoms with Crippen molar-refractivity contribution in [2.75, 3.05) is 7.11 Å². The number of hydrogen-bond donors (Lipinski definition) is 0. The van der Waals surface area contributed by atoms with Gasteiger partial charge in [-0.1, -0.05) is 38.2 Å². The third-order valence-corrected chi connectivity index (χ3v) is 7.70. The van der Waals surface area contributed by atoms with Crippen LogP contribution in [-0.2, 0) is 14.3 Å². The van der Waals surface area contributed by atoms with E-state index in [1.165, 1.54) is 38.2 Å². The predicted octanol–water partition coefficient (Wildman–Crippen LogP) is 4.80. The smallest absolute Gasteiger partial charge is 0.307 e. The van der Waals surface area contributed by atoms with Crippen LogP contribution in [0.5, 0.6) is 0 Å². The molecule has 0 aromatic rings. The van der Waals surface area contributed by atoms with Crippen LogP contribution in [0, 0.1) is 28.6 Å². The summed E-state index contributed by atoms with van der Waals surface area (Å²) in [4.78, 5) is 11.5. The summed E-state index contributed by atoms with van der Waals surface area (Å²) in [7, 11) is 1.87. The largest absolute Gasteiger partial charge is 0.431 e. The van der Waals surface area contributed by atoms with Crippen molar-refractivity contribution in [3.63, 3.8) is 0 Å². The van der Waals surface area contributed by atoms with Crippen molar-refractivity contribution in [2.24, 2.45) is 28.6 Å². The van der Waals surface area contributed by atoms with Gasteiger partial charge in [0.15, 0.2) is 0 Å². The van der Waals surface area contributed by atoms with E-state index in [4.69, 9.17) is 9.47 Å². The fraction of sp³-hybridized carbons (Fsp3) is 0.682. The molecule has 25 heavy (non-hydrogen) atoms. The van der Waals surface area contributed by atoms with Crippen LogP contribution in [0.1, 0.15) is 52.9 Å². The molecule has 0 amide bonds. The molecule has 0 aromatic heterocycles. The Labute approximate surface area is 151 Å². The molecule has 2 saturated carbocycles. The first-order valence-corrected chi connectivity index (χ1v) is 9.71. The van der Waals surface area contributed by atoms with Crippen molar-refractivity contribution in [2.45, 2.75) is 59.0 Å². The Hall–Kier alpha value is -1.35. The summed E-state index contributed by atoms with van der Waals surface area (Å²) >= 11 is 0. The average Bonchev–Trinajstić information content (AvgIpc) is 2.90. The Bertz CT molecular complexity index is 673. The van der Waals surface area contributed by atoms with Crippen LogP contribution in [0.3, 0.4) is 0 Å². The van der Waals surface area contributed by atoms with Crippen molar-refractivity contribution in [3.05, 3.63) is 35.6 Å². The maximum absolute atomic E-state index is 11.5. The molecule has 0 heterocycles. The molecule has 4 aliphatic rings. The van der Waals surface area contributed by atoms with Gasteiger partial charge in [0.1, 0.15) is 5.76 Å². The zero-order valence-electron chi connectivity index (χ0n) is 15.9. The first-order valence-electron chi connectivity index (χ1n) is 9.71. The molecule has 3 heteroatoms. The number of rotatable bonds is 2. The highest BCUT2D eigenvalue weighted by atomic mass is 16.5. The Morgan fingerprint density at radius 2 is 2.00 bits per heavy atom. The number of ether oxygens (including phenoxy) is 2. The second-order valence-corrected chi connectivity index (χ2v) is 8.82. The van der Waals surface area contributed by atoms with E-state index in [1.807, 2.05) is 7.11 Å². The van der Waals surface area contributed by atoms with Crippen molar-refractivity contribution in [3.8, 4) is 0 Å². The Balaban J connectivity index is 1.73. The third kappa shape index (κ3) is 2.38. The van der Waals surface area contributed by atoms with E-state index in [9.17, 15) is 4.79 Å². The second kappa shape index (κ2) is 5.84. The summed E-state index contributed by atoms with van der Waals surface area (Å²) in [5, 5.41) is 0. The van der Waals surface area contributed by atoms with E-state index in [2.05, 4.69) is 38.2 Å². The standard InChI is InChI=1S/C22H30O3/c1-14(23)25-19-6-5-12-21(2)17-11-13-22(3)16(9-10-20(22)24-4)15(17)7-8-18(19)21/h5,7-8,12,15-17,20H,6,9-11,13H2,1-4H3/t15-,16-,17-,20+,21+,22-/m0/s1. The van der Waals surface area contributed by atoms with E-state index < -0.39 is 0 Å². The van der Waals surface area contributed by atoms with Crippen molar-refractivity contribution >= 4 is 5.97 Å². The summed E-state index contributed by atoms with van der Waals surface area (Å²) in [6.07, 6.45) is 15.2. The van der Waals surface area contributed by atoms with Gasteiger partial charge < -0.3 is 9.47 Å². The van der Waals surface area contributed by atoms with Gasteiger partial charge in [0.25, 0.3) is 0 Å². The molecular weight excluding hydrogens is 312 g/mol. The predicted molar refractivity (Wildman–Crippen MR) is 97.6 cm³/mol. The van der Waals surface area contributed by atoms with E-state index in [0.717, 1.165) is 12.2 Å². The van der Waals surface area contributed by atoms with Gasteiger partial charge in [-0.15, -0.1) is 0 Å². The van der Waals surface area contributed by atoms with Crippen molar-refractivity contribution < 1.29 is 14.3 Å². The van der Waals surface area contributed by atoms with E-state index in [0.29, 0.717) is 29.3 Å². The minimum Gasteiger partial charge on any atom is -0.431 e. The zero-order valence-corrected chi connectivity index (χ0v) is 15.9. The molecule has 136 valence electrons. The molecule has 4 aliphatic carbocycles. The molecule has 4 rings (SSSR count). The van der Waals surface area contributed by atoms with Gasteiger partial charge in [0.2, 0.25) is 0 Å². The van der Waals surface area contributed by atoms with Crippen LogP contribution >= 0.6 is 0 Å². The van der Waals surface area contributed by atoms with Crippen LogP contribution in [0.4, 0.5) is 0 Å². The molecule has 6 atom stereocenters. The van der Waals surface area contributed by atoms with Crippen LogP contribution in [0.15, 0.2) is 35.6 Å². The number of esters is 1. The van der Waals surface area contributed by atoms with Gasteiger partial charge >= 0.3 is 5.97 Å². The number of allylic oxidation sites excluding steroid dienone is 5. The molecule has 0 aromatic carbocycles. The Morgan fingerprint density at radius 1 is 1.20 bits per heavy atom. The summed E-state index contributed by atoms with van der Waals surface area (Å²) in [6, 6.07) is 0. The number of carbonyl (C=O) groups is 1. The second-order valence-electron chi connectivity index (χ2n) is 8.82. The zero-order chi connectivity index (χ0) is 17.8. The highest BCUT2D eigenvalue weighted by Crippen LogP contribution is 2.63. The minimum absolute atomic E-state index is 0.0189. The number of fused-ring (bicyclic) bond motifs is 5. The highest BCUT2D eigenvalue weighted by Gasteiger charge is 2.58. The first-order chi connectivity index (χ1) is 11.9.